The van der Waals surface area contributed by atoms with Gasteiger partial charge in [0.25, 0.3) is 0 Å². The Bertz CT molecular complexity index is 1260. The fraction of sp³-hybridized carbons (Fsp3) is 0.414. The van der Waals surface area contributed by atoms with E-state index in [2.05, 4.69) is 37.6 Å². The van der Waals surface area contributed by atoms with E-state index in [-0.39, 0.29) is 0 Å². The third-order valence-electron chi connectivity index (χ3n) is 8.35. The summed E-state index contributed by atoms with van der Waals surface area (Å²) in [7, 11) is 0. The Morgan fingerprint density at radius 3 is 2.57 bits per heavy atom. The zero-order valence-corrected chi connectivity index (χ0v) is 21.0. The Balaban J connectivity index is 1.15. The molecule has 3 heterocycles. The highest BCUT2D eigenvalue weighted by molar-refractivity contribution is 5.94. The van der Waals surface area contributed by atoms with Gasteiger partial charge in [-0.05, 0) is 79.1 Å². The lowest BCUT2D eigenvalue weighted by Gasteiger charge is -2.40. The summed E-state index contributed by atoms with van der Waals surface area (Å²) in [5, 5.41) is 7.81. The van der Waals surface area contributed by atoms with E-state index in [1.54, 1.807) is 6.07 Å². The number of fused-ring (bicyclic) bond motifs is 2. The molecular weight excluding hydrogens is 462 g/mol. The van der Waals surface area contributed by atoms with Gasteiger partial charge in [-0.15, -0.1) is 0 Å². The van der Waals surface area contributed by atoms with Crippen LogP contribution in [0.4, 0.5) is 17.3 Å². The molecule has 6 rings (SSSR count). The van der Waals surface area contributed by atoms with E-state index >= 15 is 0 Å². The lowest BCUT2D eigenvalue weighted by molar-refractivity contribution is 0.100. The number of hydrogen-bond donors (Lipinski definition) is 4. The van der Waals surface area contributed by atoms with Gasteiger partial charge in [0.15, 0.2) is 0 Å². The standard InChI is InChI=1S/C29H35N7O/c30-27-9-8-22(16-33-27)36-17-18-12-25(26(36)13-18)34-23-6-1-2-7-24(23)35-28-15-20(10-11-32-28)19-4-3-5-21(14-19)29(31)37/h3-5,8-11,14-16,18,23-26,34H,1-2,6-7,12-13,17H2,(H2,30,33)(H2,31,37)(H,32,35)/t18-,23-,24-,25+,26-/m1/s1. The molecule has 1 amide bonds. The predicted octanol–water partition coefficient (Wildman–Crippen LogP) is 3.80. The van der Waals surface area contributed by atoms with Crippen molar-refractivity contribution >= 4 is 23.2 Å². The second-order valence-corrected chi connectivity index (χ2v) is 10.8. The normalized spacial score (nSPS) is 26.8. The van der Waals surface area contributed by atoms with Crippen molar-refractivity contribution in [1.82, 2.24) is 15.3 Å². The average molecular weight is 498 g/mol. The van der Waals surface area contributed by atoms with Crippen molar-refractivity contribution in [3.63, 3.8) is 0 Å². The van der Waals surface area contributed by atoms with Gasteiger partial charge in [-0.1, -0.05) is 25.0 Å². The molecule has 8 nitrogen and oxygen atoms in total. The lowest BCUT2D eigenvalue weighted by Crippen LogP contribution is -2.56. The molecule has 3 aliphatic rings. The topological polar surface area (TPSA) is 122 Å². The molecule has 192 valence electrons. The fourth-order valence-electron chi connectivity index (χ4n) is 6.58. The number of nitrogens with one attached hydrogen (secondary N) is 2. The number of carbonyl (C=O) groups excluding carboxylic acids is 1. The maximum atomic E-state index is 11.6. The number of carbonyl (C=O) groups is 1. The number of benzene rings is 1. The van der Waals surface area contributed by atoms with Gasteiger partial charge in [0.05, 0.1) is 11.9 Å². The smallest absolute Gasteiger partial charge is 0.248 e. The summed E-state index contributed by atoms with van der Waals surface area (Å²) in [5.41, 5.74) is 15.0. The summed E-state index contributed by atoms with van der Waals surface area (Å²) in [6.07, 6.45) is 11.0. The van der Waals surface area contributed by atoms with E-state index in [1.807, 2.05) is 42.7 Å². The largest absolute Gasteiger partial charge is 0.384 e. The number of aromatic nitrogens is 2. The number of nitrogens with zero attached hydrogens (tertiary/aromatic N) is 3. The van der Waals surface area contributed by atoms with E-state index in [9.17, 15) is 4.79 Å². The fourth-order valence-corrected chi connectivity index (χ4v) is 6.58. The Morgan fingerprint density at radius 1 is 0.946 bits per heavy atom. The van der Waals surface area contributed by atoms with Crippen LogP contribution in [0.3, 0.4) is 0 Å². The highest BCUT2D eigenvalue weighted by Gasteiger charge is 2.46. The van der Waals surface area contributed by atoms with Gasteiger partial charge in [-0.3, -0.25) is 4.79 Å². The van der Waals surface area contributed by atoms with Crippen molar-refractivity contribution < 1.29 is 4.79 Å². The highest BCUT2D eigenvalue weighted by Crippen LogP contribution is 2.41. The zero-order valence-electron chi connectivity index (χ0n) is 21.0. The Hall–Kier alpha value is -3.65. The van der Waals surface area contributed by atoms with Gasteiger partial charge in [0.2, 0.25) is 5.91 Å². The molecule has 8 heteroatoms. The van der Waals surface area contributed by atoms with E-state index in [0.717, 1.165) is 42.2 Å². The molecule has 6 N–H and O–H groups in total. The molecular formula is C29H35N7O. The molecule has 37 heavy (non-hydrogen) atoms. The number of nitrogen functional groups attached to an aromatic ring is 1. The molecule has 1 saturated heterocycles. The summed E-state index contributed by atoms with van der Waals surface area (Å²) in [5.74, 6) is 1.74. The van der Waals surface area contributed by atoms with Gasteiger partial charge in [-0.2, -0.15) is 0 Å². The van der Waals surface area contributed by atoms with Crippen molar-refractivity contribution in [1.29, 1.82) is 0 Å². The van der Waals surface area contributed by atoms with Crippen molar-refractivity contribution in [3.05, 3.63) is 66.5 Å². The number of rotatable bonds is 7. The number of pyridine rings is 2. The minimum absolute atomic E-state index is 0.319. The van der Waals surface area contributed by atoms with Crippen LogP contribution >= 0.6 is 0 Å². The third kappa shape index (κ3) is 4.98. The number of primary amides is 1. The maximum absolute atomic E-state index is 11.6. The summed E-state index contributed by atoms with van der Waals surface area (Å²) in [6.45, 7) is 1.11. The molecule has 0 unspecified atom stereocenters. The molecule has 1 aromatic carbocycles. The Morgan fingerprint density at radius 2 is 1.78 bits per heavy atom. The Kier molecular flexibility index (Phi) is 6.42. The quantitative estimate of drug-likeness (QED) is 0.392. The molecule has 0 spiro atoms. The molecule has 2 aromatic heterocycles. The first-order chi connectivity index (χ1) is 18.0. The van der Waals surface area contributed by atoms with E-state index < -0.39 is 5.91 Å². The van der Waals surface area contributed by atoms with Gasteiger partial charge in [-0.25, -0.2) is 9.97 Å². The van der Waals surface area contributed by atoms with Crippen LogP contribution in [0, 0.1) is 5.92 Å². The summed E-state index contributed by atoms with van der Waals surface area (Å²) < 4.78 is 0. The van der Waals surface area contributed by atoms with E-state index in [1.165, 1.54) is 31.4 Å². The van der Waals surface area contributed by atoms with Crippen molar-refractivity contribution in [2.75, 3.05) is 22.5 Å². The van der Waals surface area contributed by atoms with Crippen LogP contribution in [0.2, 0.25) is 0 Å². The second kappa shape index (κ2) is 10.0. The second-order valence-electron chi connectivity index (χ2n) is 10.8. The molecule has 0 radical (unpaired) electrons. The van der Waals surface area contributed by atoms with Gasteiger partial charge in [0.1, 0.15) is 11.6 Å². The minimum atomic E-state index is -0.419. The van der Waals surface area contributed by atoms with E-state index in [0.29, 0.717) is 35.5 Å². The zero-order chi connectivity index (χ0) is 25.4. The predicted molar refractivity (Wildman–Crippen MR) is 147 cm³/mol. The summed E-state index contributed by atoms with van der Waals surface area (Å²) >= 11 is 0. The van der Waals surface area contributed by atoms with E-state index in [4.69, 9.17) is 11.5 Å². The van der Waals surface area contributed by atoms with Crippen molar-refractivity contribution in [3.8, 4) is 11.1 Å². The molecule has 2 bridgehead atoms. The highest BCUT2D eigenvalue weighted by atomic mass is 16.1. The maximum Gasteiger partial charge on any atom is 0.248 e. The van der Waals surface area contributed by atoms with Crippen LogP contribution in [0.5, 0.6) is 0 Å². The van der Waals surface area contributed by atoms with Crippen molar-refractivity contribution in [2.45, 2.75) is 62.7 Å². The summed E-state index contributed by atoms with van der Waals surface area (Å²) in [6, 6.07) is 17.2. The van der Waals surface area contributed by atoms with Crippen LogP contribution in [0.15, 0.2) is 60.9 Å². The number of amides is 1. The van der Waals surface area contributed by atoms with Crippen LogP contribution in [-0.4, -0.2) is 46.6 Å². The molecule has 5 atom stereocenters. The minimum Gasteiger partial charge on any atom is -0.384 e. The van der Waals surface area contributed by atoms with Crippen LogP contribution in [-0.2, 0) is 0 Å². The SMILES string of the molecule is NC(=O)c1cccc(-c2ccnc(N[C@@H]3CCCC[C@H]3N[C@H]3C[C@@H]4C[C@H]3N(c3ccc(N)nc3)C4)c2)c1. The number of anilines is 3. The van der Waals surface area contributed by atoms with Gasteiger partial charge in [0, 0.05) is 42.5 Å². The van der Waals surface area contributed by atoms with Crippen LogP contribution < -0.4 is 27.0 Å². The molecule has 3 aromatic rings. The van der Waals surface area contributed by atoms with Crippen LogP contribution in [0.25, 0.3) is 11.1 Å². The van der Waals surface area contributed by atoms with Crippen molar-refractivity contribution in [2.24, 2.45) is 11.7 Å². The monoisotopic (exact) mass is 497 g/mol. The van der Waals surface area contributed by atoms with Crippen LogP contribution in [0.1, 0.15) is 48.9 Å². The van der Waals surface area contributed by atoms with Gasteiger partial charge >= 0.3 is 0 Å². The lowest BCUT2D eigenvalue weighted by atomic mass is 9.89. The Labute approximate surface area is 217 Å². The number of hydrogen-bond acceptors (Lipinski definition) is 7. The summed E-state index contributed by atoms with van der Waals surface area (Å²) in [4.78, 5) is 23.1. The first kappa shape index (κ1) is 23.7. The average Bonchev–Trinajstić information content (AvgIpc) is 3.51. The molecule has 1 aliphatic heterocycles. The first-order valence-electron chi connectivity index (χ1n) is 13.4. The molecule has 2 saturated carbocycles. The molecule has 3 fully saturated rings. The van der Waals surface area contributed by atoms with Gasteiger partial charge < -0.3 is 27.0 Å². The first-order valence-corrected chi connectivity index (χ1v) is 13.4. The number of nitrogens with two attached hydrogens (primary N) is 2. The molecule has 2 aliphatic carbocycles. The number of piperidine rings is 1. The third-order valence-corrected chi connectivity index (χ3v) is 8.35.